The average molecular weight is 292 g/mol. The SMILES string of the molecule is CC1=[N+](CC(F)(F)F)c2ccc3ccccc3c2C1(C)C. The fourth-order valence-electron chi connectivity index (χ4n) is 3.22. The zero-order chi connectivity index (χ0) is 15.4. The standard InChI is InChI=1S/C17H17F3N/c1-11-16(2,3)15-13-7-5-4-6-12(13)8-9-14(15)21(11)10-17(18,19)20/h4-9H,10H2,1-3H3/q+1. The van der Waals surface area contributed by atoms with Gasteiger partial charge in [0.05, 0.1) is 5.41 Å². The molecule has 0 N–H and O–H groups in total. The predicted molar refractivity (Wildman–Crippen MR) is 78.5 cm³/mol. The topological polar surface area (TPSA) is 3.01 Å². The van der Waals surface area contributed by atoms with Gasteiger partial charge in [0.15, 0.2) is 5.71 Å². The van der Waals surface area contributed by atoms with Crippen LogP contribution in [0.25, 0.3) is 10.8 Å². The summed E-state index contributed by atoms with van der Waals surface area (Å²) in [5.74, 6) is 0. The lowest BCUT2D eigenvalue weighted by molar-refractivity contribution is -0.482. The minimum Gasteiger partial charge on any atom is -0.189 e. The van der Waals surface area contributed by atoms with Gasteiger partial charge in [0.1, 0.15) is 0 Å². The number of hydrogen-bond acceptors (Lipinski definition) is 0. The first kappa shape index (κ1) is 14.1. The molecule has 1 aliphatic rings. The van der Waals surface area contributed by atoms with E-state index in [0.717, 1.165) is 22.0 Å². The maximum absolute atomic E-state index is 12.9. The van der Waals surface area contributed by atoms with Crippen molar-refractivity contribution in [3.63, 3.8) is 0 Å². The van der Waals surface area contributed by atoms with Crippen LogP contribution < -0.4 is 0 Å². The van der Waals surface area contributed by atoms with E-state index in [0.29, 0.717) is 5.69 Å². The van der Waals surface area contributed by atoms with Crippen LogP contribution in [0.2, 0.25) is 0 Å². The van der Waals surface area contributed by atoms with Crippen molar-refractivity contribution in [3.8, 4) is 0 Å². The molecule has 110 valence electrons. The summed E-state index contributed by atoms with van der Waals surface area (Å²) in [6, 6.07) is 11.6. The lowest BCUT2D eigenvalue weighted by atomic mass is 9.80. The highest BCUT2D eigenvalue weighted by Gasteiger charge is 2.48. The monoisotopic (exact) mass is 292 g/mol. The second-order valence-electron chi connectivity index (χ2n) is 6.09. The number of nitrogens with zero attached hydrogens (tertiary/aromatic N) is 1. The van der Waals surface area contributed by atoms with Gasteiger partial charge < -0.3 is 0 Å². The summed E-state index contributed by atoms with van der Waals surface area (Å²) in [6.45, 7) is 4.84. The fourth-order valence-corrected chi connectivity index (χ4v) is 3.22. The van der Waals surface area contributed by atoms with Crippen molar-refractivity contribution >= 4 is 22.2 Å². The van der Waals surface area contributed by atoms with Gasteiger partial charge in [0.25, 0.3) is 0 Å². The van der Waals surface area contributed by atoms with Crippen molar-refractivity contribution in [1.82, 2.24) is 0 Å². The molecule has 0 bridgehead atoms. The van der Waals surface area contributed by atoms with E-state index >= 15 is 0 Å². The summed E-state index contributed by atoms with van der Waals surface area (Å²) in [4.78, 5) is 0. The Kier molecular flexibility index (Phi) is 2.91. The Morgan fingerprint density at radius 1 is 1.05 bits per heavy atom. The molecular weight excluding hydrogens is 275 g/mol. The molecule has 2 aromatic rings. The summed E-state index contributed by atoms with van der Waals surface area (Å²) >= 11 is 0. The highest BCUT2D eigenvalue weighted by atomic mass is 19.4. The fraction of sp³-hybridized carbons (Fsp3) is 0.353. The molecule has 0 atom stereocenters. The van der Waals surface area contributed by atoms with Gasteiger partial charge in [0, 0.05) is 18.6 Å². The minimum atomic E-state index is -4.22. The quantitative estimate of drug-likeness (QED) is 0.664. The van der Waals surface area contributed by atoms with Crippen molar-refractivity contribution in [3.05, 3.63) is 42.0 Å². The predicted octanol–water partition coefficient (Wildman–Crippen LogP) is 4.80. The number of alkyl halides is 3. The van der Waals surface area contributed by atoms with Gasteiger partial charge in [-0.05, 0) is 30.7 Å². The number of benzene rings is 2. The van der Waals surface area contributed by atoms with Gasteiger partial charge in [-0.1, -0.05) is 24.3 Å². The van der Waals surface area contributed by atoms with Crippen LogP contribution in [0.15, 0.2) is 36.4 Å². The molecule has 3 rings (SSSR count). The maximum atomic E-state index is 12.9. The van der Waals surface area contributed by atoms with Crippen molar-refractivity contribution < 1.29 is 17.7 Å². The minimum absolute atomic E-state index is 0.401. The van der Waals surface area contributed by atoms with Crippen LogP contribution in [0.4, 0.5) is 18.9 Å². The molecule has 4 heteroatoms. The molecule has 0 aliphatic carbocycles. The average Bonchev–Trinajstić information content (AvgIpc) is 2.59. The normalized spacial score (nSPS) is 17.4. The van der Waals surface area contributed by atoms with Crippen LogP contribution in [0.3, 0.4) is 0 Å². The van der Waals surface area contributed by atoms with E-state index in [2.05, 4.69) is 0 Å². The van der Waals surface area contributed by atoms with Crippen LogP contribution in [-0.2, 0) is 5.41 Å². The second-order valence-corrected chi connectivity index (χ2v) is 6.09. The Bertz CT molecular complexity index is 754. The molecular formula is C17H17F3N+. The largest absolute Gasteiger partial charge is 0.448 e. The Balaban J connectivity index is 2.29. The maximum Gasteiger partial charge on any atom is 0.448 e. The third kappa shape index (κ3) is 2.13. The Morgan fingerprint density at radius 3 is 2.38 bits per heavy atom. The molecule has 1 heterocycles. The number of hydrogen-bond donors (Lipinski definition) is 0. The first-order chi connectivity index (χ1) is 9.72. The van der Waals surface area contributed by atoms with Gasteiger partial charge in [-0.3, -0.25) is 0 Å². The summed E-state index contributed by atoms with van der Waals surface area (Å²) < 4.78 is 40.1. The number of fused-ring (bicyclic) bond motifs is 3. The van der Waals surface area contributed by atoms with Gasteiger partial charge in [-0.15, -0.1) is 0 Å². The molecule has 0 radical (unpaired) electrons. The van der Waals surface area contributed by atoms with Crippen molar-refractivity contribution in [2.45, 2.75) is 32.4 Å². The summed E-state index contributed by atoms with van der Waals surface area (Å²) in [7, 11) is 0. The lowest BCUT2D eigenvalue weighted by Gasteiger charge is -2.17. The van der Waals surface area contributed by atoms with Crippen LogP contribution in [0.1, 0.15) is 26.3 Å². The summed E-state index contributed by atoms with van der Waals surface area (Å²) in [5, 5.41) is 2.09. The Morgan fingerprint density at radius 2 is 1.71 bits per heavy atom. The van der Waals surface area contributed by atoms with Crippen molar-refractivity contribution in [2.75, 3.05) is 6.54 Å². The highest BCUT2D eigenvalue weighted by Crippen LogP contribution is 2.44. The van der Waals surface area contributed by atoms with E-state index in [9.17, 15) is 13.2 Å². The van der Waals surface area contributed by atoms with Crippen LogP contribution in [0.5, 0.6) is 0 Å². The van der Waals surface area contributed by atoms with Crippen molar-refractivity contribution in [2.24, 2.45) is 0 Å². The Hall–Kier alpha value is -1.84. The molecule has 0 aromatic heterocycles. The molecule has 0 unspecified atom stereocenters. The molecule has 2 aromatic carbocycles. The van der Waals surface area contributed by atoms with Crippen LogP contribution in [0, 0.1) is 0 Å². The first-order valence-corrected chi connectivity index (χ1v) is 6.92. The van der Waals surface area contributed by atoms with E-state index in [1.165, 1.54) is 4.58 Å². The summed E-state index contributed by atoms with van der Waals surface area (Å²) in [6.07, 6.45) is -4.22. The molecule has 0 spiro atoms. The van der Waals surface area contributed by atoms with Gasteiger partial charge in [0.2, 0.25) is 12.2 Å². The highest BCUT2D eigenvalue weighted by molar-refractivity contribution is 6.01. The molecule has 0 saturated heterocycles. The smallest absolute Gasteiger partial charge is 0.189 e. The van der Waals surface area contributed by atoms with E-state index in [4.69, 9.17) is 0 Å². The lowest BCUT2D eigenvalue weighted by Crippen LogP contribution is -2.30. The number of halogens is 3. The molecule has 0 saturated carbocycles. The van der Waals surface area contributed by atoms with Gasteiger partial charge in [-0.25, -0.2) is 0 Å². The van der Waals surface area contributed by atoms with Gasteiger partial charge >= 0.3 is 6.18 Å². The van der Waals surface area contributed by atoms with Crippen molar-refractivity contribution in [1.29, 1.82) is 0 Å². The zero-order valence-electron chi connectivity index (χ0n) is 12.3. The third-order valence-electron chi connectivity index (χ3n) is 4.47. The molecule has 1 nitrogen and oxygen atoms in total. The van der Waals surface area contributed by atoms with E-state index in [-0.39, 0.29) is 0 Å². The molecule has 1 aliphatic heterocycles. The molecule has 0 fully saturated rings. The van der Waals surface area contributed by atoms with E-state index < -0.39 is 18.1 Å². The number of rotatable bonds is 1. The van der Waals surface area contributed by atoms with E-state index in [1.54, 1.807) is 6.92 Å². The molecule has 0 amide bonds. The summed E-state index contributed by atoms with van der Waals surface area (Å²) in [5.41, 5.74) is 2.00. The van der Waals surface area contributed by atoms with Crippen LogP contribution >= 0.6 is 0 Å². The first-order valence-electron chi connectivity index (χ1n) is 6.92. The van der Waals surface area contributed by atoms with E-state index in [1.807, 2.05) is 50.2 Å². The van der Waals surface area contributed by atoms with Gasteiger partial charge in [-0.2, -0.15) is 17.7 Å². The molecule has 21 heavy (non-hydrogen) atoms. The second kappa shape index (κ2) is 4.33. The Labute approximate surface area is 121 Å². The van der Waals surface area contributed by atoms with Crippen LogP contribution in [-0.4, -0.2) is 23.0 Å². The zero-order valence-corrected chi connectivity index (χ0v) is 12.3. The third-order valence-corrected chi connectivity index (χ3v) is 4.47.